The first-order valence-electron chi connectivity index (χ1n) is 18.7. The van der Waals surface area contributed by atoms with Crippen molar-refractivity contribution in [3.05, 3.63) is 24.3 Å². The van der Waals surface area contributed by atoms with Crippen molar-refractivity contribution in [1.82, 2.24) is 5.32 Å². The van der Waals surface area contributed by atoms with Crippen molar-refractivity contribution >= 4 is 5.91 Å². The highest BCUT2D eigenvalue weighted by atomic mass is 16.3. The van der Waals surface area contributed by atoms with Gasteiger partial charge in [-0.15, -0.1) is 0 Å². The Hall–Kier alpha value is -1.17. The molecule has 4 N–H and O–H groups in total. The zero-order valence-electron chi connectivity index (χ0n) is 28.6. The fourth-order valence-corrected chi connectivity index (χ4v) is 5.55. The molecule has 43 heavy (non-hydrogen) atoms. The van der Waals surface area contributed by atoms with Gasteiger partial charge in [-0.2, -0.15) is 0 Å². The molecule has 0 radical (unpaired) electrons. The van der Waals surface area contributed by atoms with Gasteiger partial charge in [0.15, 0.2) is 0 Å². The van der Waals surface area contributed by atoms with E-state index < -0.39 is 24.2 Å². The van der Waals surface area contributed by atoms with Gasteiger partial charge in [0.05, 0.1) is 18.8 Å². The number of allylic oxidation sites excluding steroid dienone is 3. The summed E-state index contributed by atoms with van der Waals surface area (Å²) in [7, 11) is 0. The molecule has 0 spiro atoms. The lowest BCUT2D eigenvalue weighted by atomic mass is 10.0. The molecule has 3 unspecified atom stereocenters. The minimum Gasteiger partial charge on any atom is -0.394 e. The molecule has 0 aliphatic carbocycles. The molecule has 0 aliphatic rings. The molecule has 0 bridgehead atoms. The number of carbonyl (C=O) groups excluding carboxylic acids is 1. The van der Waals surface area contributed by atoms with Gasteiger partial charge in [-0.3, -0.25) is 4.79 Å². The molecule has 0 aromatic rings. The highest BCUT2D eigenvalue weighted by Gasteiger charge is 2.22. The van der Waals surface area contributed by atoms with E-state index in [9.17, 15) is 20.1 Å². The highest BCUT2D eigenvalue weighted by Crippen LogP contribution is 2.15. The van der Waals surface area contributed by atoms with E-state index in [0.717, 1.165) is 38.5 Å². The lowest BCUT2D eigenvalue weighted by molar-refractivity contribution is -0.131. The summed E-state index contributed by atoms with van der Waals surface area (Å²) in [5, 5.41) is 32.9. The van der Waals surface area contributed by atoms with E-state index in [1.54, 1.807) is 6.08 Å². The number of rotatable bonds is 33. The number of hydrogen-bond donors (Lipinski definition) is 4. The molecule has 5 nitrogen and oxygen atoms in total. The lowest BCUT2D eigenvalue weighted by Crippen LogP contribution is -2.48. The average Bonchev–Trinajstić information content (AvgIpc) is 3.01. The van der Waals surface area contributed by atoms with Gasteiger partial charge >= 0.3 is 0 Å². The van der Waals surface area contributed by atoms with Crippen molar-refractivity contribution in [1.29, 1.82) is 0 Å². The fourth-order valence-electron chi connectivity index (χ4n) is 5.55. The van der Waals surface area contributed by atoms with Gasteiger partial charge in [-0.05, 0) is 32.1 Å². The molecule has 0 rings (SSSR count). The molecule has 1 amide bonds. The van der Waals surface area contributed by atoms with Crippen LogP contribution in [0.5, 0.6) is 0 Å². The summed E-state index contributed by atoms with van der Waals surface area (Å²) in [6.07, 6.45) is 39.1. The Balaban J connectivity index is 3.76. The number of aliphatic hydroxyl groups excluding tert-OH is 3. The quantitative estimate of drug-likeness (QED) is 0.0441. The standard InChI is InChI=1S/C38H73NO4/c1-3-5-7-9-11-13-15-17-18-19-21-23-25-27-29-31-33-37(42)38(43)39-35(34-40)36(41)32-30-28-26-24-22-20-16-14-12-10-8-6-4-2/h22,24,30,32,35-37,40-42H,3-21,23,25-29,31,33-34H2,1-2H3,(H,39,43). The van der Waals surface area contributed by atoms with Crippen LogP contribution in [0.3, 0.4) is 0 Å². The van der Waals surface area contributed by atoms with Gasteiger partial charge < -0.3 is 20.6 Å². The zero-order valence-corrected chi connectivity index (χ0v) is 28.6. The van der Waals surface area contributed by atoms with Crippen LogP contribution in [0.25, 0.3) is 0 Å². The second-order valence-corrected chi connectivity index (χ2v) is 12.8. The second kappa shape index (κ2) is 33.7. The van der Waals surface area contributed by atoms with Crippen LogP contribution in [-0.2, 0) is 4.79 Å². The SMILES string of the molecule is CCCCCCCCCC=CCCC=CC(O)C(CO)NC(=O)C(O)CCCCCCCCCCCCCCCCCC. The summed E-state index contributed by atoms with van der Waals surface area (Å²) >= 11 is 0. The number of unbranched alkanes of at least 4 members (excludes halogenated alkanes) is 23. The Morgan fingerprint density at radius 1 is 0.558 bits per heavy atom. The third-order valence-electron chi connectivity index (χ3n) is 8.54. The fraction of sp³-hybridized carbons (Fsp3) is 0.868. The number of aliphatic hydroxyl groups is 3. The number of hydrogen-bond acceptors (Lipinski definition) is 4. The van der Waals surface area contributed by atoms with Gasteiger partial charge in [0, 0.05) is 0 Å². The third-order valence-corrected chi connectivity index (χ3v) is 8.54. The summed E-state index contributed by atoms with van der Waals surface area (Å²) in [6.45, 7) is 4.15. The Morgan fingerprint density at radius 2 is 0.953 bits per heavy atom. The topological polar surface area (TPSA) is 89.8 Å². The monoisotopic (exact) mass is 608 g/mol. The smallest absolute Gasteiger partial charge is 0.249 e. The molecule has 0 aromatic heterocycles. The van der Waals surface area contributed by atoms with Gasteiger partial charge in [-0.1, -0.05) is 179 Å². The van der Waals surface area contributed by atoms with Crippen LogP contribution in [0.4, 0.5) is 0 Å². The second-order valence-electron chi connectivity index (χ2n) is 12.8. The summed E-state index contributed by atoms with van der Waals surface area (Å²) in [5.74, 6) is -0.513. The van der Waals surface area contributed by atoms with Gasteiger partial charge in [-0.25, -0.2) is 0 Å². The van der Waals surface area contributed by atoms with Crippen LogP contribution in [0, 0.1) is 0 Å². The van der Waals surface area contributed by atoms with Crippen molar-refractivity contribution in [3.63, 3.8) is 0 Å². The molecular formula is C38H73NO4. The number of carbonyl (C=O) groups is 1. The van der Waals surface area contributed by atoms with E-state index in [4.69, 9.17) is 0 Å². The molecule has 5 heteroatoms. The largest absolute Gasteiger partial charge is 0.394 e. The highest BCUT2D eigenvalue weighted by molar-refractivity contribution is 5.80. The van der Waals surface area contributed by atoms with E-state index in [1.165, 1.54) is 128 Å². The molecule has 0 saturated carbocycles. The van der Waals surface area contributed by atoms with Crippen LogP contribution >= 0.6 is 0 Å². The predicted molar refractivity (Wildman–Crippen MR) is 185 cm³/mol. The van der Waals surface area contributed by atoms with E-state index in [1.807, 2.05) is 6.08 Å². The molecule has 0 saturated heterocycles. The van der Waals surface area contributed by atoms with Crippen molar-refractivity contribution in [2.24, 2.45) is 0 Å². The zero-order chi connectivity index (χ0) is 31.6. The number of amides is 1. The summed E-state index contributed by atoms with van der Waals surface area (Å²) in [5.41, 5.74) is 0. The number of nitrogens with one attached hydrogen (secondary N) is 1. The summed E-state index contributed by atoms with van der Waals surface area (Å²) in [4.78, 5) is 12.4. The minimum absolute atomic E-state index is 0.374. The summed E-state index contributed by atoms with van der Waals surface area (Å²) in [6, 6.07) is -0.808. The minimum atomic E-state index is -1.10. The van der Waals surface area contributed by atoms with Gasteiger partial charge in [0.25, 0.3) is 0 Å². The van der Waals surface area contributed by atoms with Gasteiger partial charge in [0.2, 0.25) is 5.91 Å². The van der Waals surface area contributed by atoms with Crippen LogP contribution in [-0.4, -0.2) is 46.1 Å². The Labute approximate surface area is 267 Å². The maximum atomic E-state index is 12.4. The molecule has 0 aliphatic heterocycles. The Bertz CT molecular complexity index is 635. The van der Waals surface area contributed by atoms with Crippen LogP contribution in [0.15, 0.2) is 24.3 Å². The van der Waals surface area contributed by atoms with E-state index in [-0.39, 0.29) is 6.61 Å². The molecule has 0 fully saturated rings. The Morgan fingerprint density at radius 3 is 1.42 bits per heavy atom. The molecule has 0 aromatic carbocycles. The van der Waals surface area contributed by atoms with Gasteiger partial charge in [0.1, 0.15) is 6.10 Å². The van der Waals surface area contributed by atoms with Crippen molar-refractivity contribution in [2.45, 2.75) is 205 Å². The first-order valence-corrected chi connectivity index (χ1v) is 18.7. The summed E-state index contributed by atoms with van der Waals surface area (Å²) < 4.78 is 0. The van der Waals surface area contributed by atoms with Crippen molar-refractivity contribution in [3.8, 4) is 0 Å². The van der Waals surface area contributed by atoms with Crippen molar-refractivity contribution < 1.29 is 20.1 Å². The Kier molecular flexibility index (Phi) is 32.8. The third kappa shape index (κ3) is 29.3. The van der Waals surface area contributed by atoms with Crippen LogP contribution in [0.1, 0.15) is 187 Å². The average molecular weight is 608 g/mol. The molecule has 0 heterocycles. The van der Waals surface area contributed by atoms with Crippen molar-refractivity contribution in [2.75, 3.05) is 6.61 Å². The molecule has 254 valence electrons. The maximum absolute atomic E-state index is 12.4. The first-order chi connectivity index (χ1) is 21.1. The molecule has 3 atom stereocenters. The van der Waals surface area contributed by atoms with Crippen LogP contribution in [0.2, 0.25) is 0 Å². The van der Waals surface area contributed by atoms with E-state index >= 15 is 0 Å². The van der Waals surface area contributed by atoms with Crippen LogP contribution < -0.4 is 5.32 Å². The predicted octanol–water partition coefficient (Wildman–Crippen LogP) is 9.87. The van der Waals surface area contributed by atoms with E-state index in [2.05, 4.69) is 31.3 Å². The molecular weight excluding hydrogens is 534 g/mol. The van der Waals surface area contributed by atoms with E-state index in [0.29, 0.717) is 6.42 Å². The maximum Gasteiger partial charge on any atom is 0.249 e. The normalized spacial score (nSPS) is 14.1. The first kappa shape index (κ1) is 41.8. The lowest BCUT2D eigenvalue weighted by Gasteiger charge is -2.21.